The van der Waals surface area contributed by atoms with Crippen LogP contribution in [0.25, 0.3) is 0 Å². The lowest BCUT2D eigenvalue weighted by Crippen LogP contribution is -2.16. The van der Waals surface area contributed by atoms with Gasteiger partial charge in [-0.1, -0.05) is 0 Å². The number of hydrogen-bond acceptors (Lipinski definition) is 3. The van der Waals surface area contributed by atoms with Gasteiger partial charge in [0, 0.05) is 11.8 Å². The largest absolute Gasteiger partial charge is 0.481 e. The molecule has 0 atom stereocenters. The van der Waals surface area contributed by atoms with Crippen LogP contribution >= 0.6 is 0 Å². The van der Waals surface area contributed by atoms with Crippen LogP contribution in [0.1, 0.15) is 25.1 Å². The third-order valence-corrected chi connectivity index (χ3v) is 1.85. The van der Waals surface area contributed by atoms with E-state index < -0.39 is 5.60 Å². The molecule has 0 aliphatic carbocycles. The first-order valence-corrected chi connectivity index (χ1v) is 4.19. The van der Waals surface area contributed by atoms with Gasteiger partial charge >= 0.3 is 0 Å². The summed E-state index contributed by atoms with van der Waals surface area (Å²) in [5.74, 6) is 0.539. The summed E-state index contributed by atoms with van der Waals surface area (Å²) in [4.78, 5) is 4.13. The Kier molecular flexibility index (Phi) is 2.57. The van der Waals surface area contributed by atoms with Crippen molar-refractivity contribution in [1.82, 2.24) is 4.98 Å². The van der Waals surface area contributed by atoms with Crippen molar-refractivity contribution in [1.29, 1.82) is 0 Å². The zero-order valence-electron chi connectivity index (χ0n) is 8.46. The van der Waals surface area contributed by atoms with Gasteiger partial charge in [0.05, 0.1) is 12.7 Å². The molecule has 1 aromatic heterocycles. The van der Waals surface area contributed by atoms with Crippen molar-refractivity contribution in [3.63, 3.8) is 0 Å². The molecule has 0 radical (unpaired) electrons. The Hall–Kier alpha value is -1.09. The number of methoxy groups -OCH3 is 1. The molecule has 0 fully saturated rings. The molecule has 1 aromatic rings. The fourth-order valence-electron chi connectivity index (χ4n) is 1.10. The molecule has 0 unspecified atom stereocenters. The Morgan fingerprint density at radius 2 is 2.00 bits per heavy atom. The SMILES string of the molecule is COc1cc(C(C)(C)O)cc(C)n1. The number of pyridine rings is 1. The van der Waals surface area contributed by atoms with E-state index in [9.17, 15) is 5.11 Å². The Labute approximate surface area is 78.4 Å². The van der Waals surface area contributed by atoms with E-state index in [-0.39, 0.29) is 0 Å². The number of aromatic nitrogens is 1. The summed E-state index contributed by atoms with van der Waals surface area (Å²) in [7, 11) is 1.57. The van der Waals surface area contributed by atoms with Gasteiger partial charge in [-0.2, -0.15) is 0 Å². The second-order valence-corrected chi connectivity index (χ2v) is 3.60. The number of aryl methyl sites for hydroxylation is 1. The zero-order valence-corrected chi connectivity index (χ0v) is 8.46. The highest BCUT2D eigenvalue weighted by atomic mass is 16.5. The molecule has 0 bridgehead atoms. The molecule has 13 heavy (non-hydrogen) atoms. The van der Waals surface area contributed by atoms with Crippen LogP contribution in [0.4, 0.5) is 0 Å². The molecule has 0 amide bonds. The third kappa shape index (κ3) is 2.42. The van der Waals surface area contributed by atoms with E-state index in [4.69, 9.17) is 4.74 Å². The molecule has 0 spiro atoms. The molecule has 72 valence electrons. The van der Waals surface area contributed by atoms with Crippen LogP contribution in [-0.2, 0) is 5.60 Å². The van der Waals surface area contributed by atoms with Crippen LogP contribution in [0.5, 0.6) is 5.88 Å². The standard InChI is InChI=1S/C10H15NO2/c1-7-5-8(10(2,3)12)6-9(11-7)13-4/h5-6,12H,1-4H3. The average Bonchev–Trinajstić information content (AvgIpc) is 2.01. The highest BCUT2D eigenvalue weighted by molar-refractivity contribution is 5.28. The first kappa shape index (κ1) is 9.99. The van der Waals surface area contributed by atoms with Crippen molar-refractivity contribution in [2.45, 2.75) is 26.4 Å². The van der Waals surface area contributed by atoms with E-state index in [0.29, 0.717) is 5.88 Å². The summed E-state index contributed by atoms with van der Waals surface area (Å²) < 4.78 is 5.01. The van der Waals surface area contributed by atoms with Gasteiger partial charge in [-0.05, 0) is 32.4 Å². The average molecular weight is 181 g/mol. The maximum Gasteiger partial charge on any atom is 0.213 e. The molecule has 0 aliphatic heterocycles. The Morgan fingerprint density at radius 3 is 2.46 bits per heavy atom. The first-order chi connectivity index (χ1) is 5.93. The van der Waals surface area contributed by atoms with E-state index in [1.54, 1.807) is 27.0 Å². The number of aliphatic hydroxyl groups is 1. The smallest absolute Gasteiger partial charge is 0.213 e. The van der Waals surface area contributed by atoms with Gasteiger partial charge in [-0.15, -0.1) is 0 Å². The van der Waals surface area contributed by atoms with Gasteiger partial charge < -0.3 is 9.84 Å². The van der Waals surface area contributed by atoms with E-state index in [2.05, 4.69) is 4.98 Å². The number of rotatable bonds is 2. The van der Waals surface area contributed by atoms with Crippen LogP contribution in [0, 0.1) is 6.92 Å². The predicted molar refractivity (Wildman–Crippen MR) is 50.8 cm³/mol. The minimum Gasteiger partial charge on any atom is -0.481 e. The summed E-state index contributed by atoms with van der Waals surface area (Å²) in [6, 6.07) is 3.59. The summed E-state index contributed by atoms with van der Waals surface area (Å²) in [6.45, 7) is 5.35. The van der Waals surface area contributed by atoms with Crippen molar-refractivity contribution in [2.75, 3.05) is 7.11 Å². The Bertz CT molecular complexity index is 302. The van der Waals surface area contributed by atoms with Crippen LogP contribution in [0.15, 0.2) is 12.1 Å². The highest BCUT2D eigenvalue weighted by Gasteiger charge is 2.17. The molecule has 0 saturated carbocycles. The summed E-state index contributed by atoms with van der Waals surface area (Å²) in [5, 5.41) is 9.75. The minimum absolute atomic E-state index is 0.539. The maximum absolute atomic E-state index is 9.75. The van der Waals surface area contributed by atoms with E-state index in [1.807, 2.05) is 13.0 Å². The zero-order chi connectivity index (χ0) is 10.1. The number of hydrogen-bond donors (Lipinski definition) is 1. The second kappa shape index (κ2) is 3.34. The molecule has 0 aliphatic rings. The Morgan fingerprint density at radius 1 is 1.38 bits per heavy atom. The van der Waals surface area contributed by atoms with Crippen LogP contribution in [0.2, 0.25) is 0 Å². The fourth-order valence-corrected chi connectivity index (χ4v) is 1.10. The molecule has 0 aromatic carbocycles. The van der Waals surface area contributed by atoms with Gasteiger partial charge in [-0.25, -0.2) is 4.98 Å². The lowest BCUT2D eigenvalue weighted by atomic mass is 9.99. The van der Waals surface area contributed by atoms with Crippen molar-refractivity contribution in [2.24, 2.45) is 0 Å². The van der Waals surface area contributed by atoms with Gasteiger partial charge in [-0.3, -0.25) is 0 Å². The third-order valence-electron chi connectivity index (χ3n) is 1.85. The molecule has 0 saturated heterocycles. The van der Waals surface area contributed by atoms with E-state index in [1.165, 1.54) is 0 Å². The molecule has 1 rings (SSSR count). The highest BCUT2D eigenvalue weighted by Crippen LogP contribution is 2.23. The predicted octanol–water partition coefficient (Wildman–Crippen LogP) is 1.63. The number of nitrogens with zero attached hydrogens (tertiary/aromatic N) is 1. The molecular weight excluding hydrogens is 166 g/mol. The van der Waals surface area contributed by atoms with Gasteiger partial charge in [0.15, 0.2) is 0 Å². The lowest BCUT2D eigenvalue weighted by Gasteiger charge is -2.18. The Balaban J connectivity index is 3.16. The quantitative estimate of drug-likeness (QED) is 0.754. The van der Waals surface area contributed by atoms with E-state index >= 15 is 0 Å². The van der Waals surface area contributed by atoms with Gasteiger partial charge in [0.25, 0.3) is 0 Å². The van der Waals surface area contributed by atoms with Crippen molar-refractivity contribution in [3.05, 3.63) is 23.4 Å². The summed E-state index contributed by atoms with van der Waals surface area (Å²) >= 11 is 0. The molecule has 1 heterocycles. The molecule has 3 nitrogen and oxygen atoms in total. The van der Waals surface area contributed by atoms with Crippen LogP contribution in [-0.4, -0.2) is 17.2 Å². The van der Waals surface area contributed by atoms with Crippen LogP contribution in [0.3, 0.4) is 0 Å². The maximum atomic E-state index is 9.75. The molecule has 1 N–H and O–H groups in total. The van der Waals surface area contributed by atoms with Crippen molar-refractivity contribution >= 4 is 0 Å². The van der Waals surface area contributed by atoms with Gasteiger partial charge in [0.2, 0.25) is 5.88 Å². The molecule has 3 heteroatoms. The van der Waals surface area contributed by atoms with E-state index in [0.717, 1.165) is 11.3 Å². The minimum atomic E-state index is -0.846. The molecular formula is C10H15NO2. The fraction of sp³-hybridized carbons (Fsp3) is 0.500. The lowest BCUT2D eigenvalue weighted by molar-refractivity contribution is 0.0781. The monoisotopic (exact) mass is 181 g/mol. The summed E-state index contributed by atoms with van der Waals surface area (Å²) in [6.07, 6.45) is 0. The second-order valence-electron chi connectivity index (χ2n) is 3.60. The van der Waals surface area contributed by atoms with Crippen molar-refractivity contribution < 1.29 is 9.84 Å². The van der Waals surface area contributed by atoms with Gasteiger partial charge in [0.1, 0.15) is 0 Å². The summed E-state index contributed by atoms with van der Waals surface area (Å²) in [5.41, 5.74) is 0.814. The first-order valence-electron chi connectivity index (χ1n) is 4.19. The number of ether oxygens (including phenoxy) is 1. The van der Waals surface area contributed by atoms with Crippen LogP contribution < -0.4 is 4.74 Å². The van der Waals surface area contributed by atoms with Crippen molar-refractivity contribution in [3.8, 4) is 5.88 Å². The topological polar surface area (TPSA) is 42.4 Å². The normalized spacial score (nSPS) is 11.5.